The lowest BCUT2D eigenvalue weighted by atomic mass is 9.85. The van der Waals surface area contributed by atoms with Gasteiger partial charge in [0.25, 0.3) is 11.8 Å². The van der Waals surface area contributed by atoms with Crippen molar-refractivity contribution in [2.45, 2.75) is 13.3 Å². The van der Waals surface area contributed by atoms with E-state index in [0.29, 0.717) is 16.5 Å². The molecule has 1 saturated carbocycles. The number of furan rings is 1. The zero-order valence-electron chi connectivity index (χ0n) is 14.6. The van der Waals surface area contributed by atoms with Crippen molar-refractivity contribution in [3.05, 3.63) is 58.8 Å². The SMILES string of the molecule is Cc1ccc(-c2ccc(/C=N/N3C(=O)C4C5C=CC(C5)C4C3=O)o2)cc1Cl. The topological polar surface area (TPSA) is 62.9 Å². The second-order valence-corrected chi connectivity index (χ2v) is 7.81. The number of amides is 2. The molecule has 2 aliphatic carbocycles. The predicted octanol–water partition coefficient (Wildman–Crippen LogP) is 4.05. The van der Waals surface area contributed by atoms with Gasteiger partial charge in [-0.05, 0) is 48.9 Å². The van der Waals surface area contributed by atoms with Gasteiger partial charge in [0.1, 0.15) is 11.5 Å². The summed E-state index contributed by atoms with van der Waals surface area (Å²) in [5.74, 6) is 0.594. The van der Waals surface area contributed by atoms with Gasteiger partial charge in [0, 0.05) is 10.6 Å². The van der Waals surface area contributed by atoms with Crippen molar-refractivity contribution in [1.29, 1.82) is 0 Å². The first kappa shape index (κ1) is 16.5. The van der Waals surface area contributed by atoms with Gasteiger partial charge in [-0.2, -0.15) is 10.1 Å². The second kappa shape index (κ2) is 5.92. The molecule has 5 nitrogen and oxygen atoms in total. The van der Waals surface area contributed by atoms with Crippen LogP contribution in [0, 0.1) is 30.6 Å². The number of halogens is 1. The lowest BCUT2D eigenvalue weighted by molar-refractivity contribution is -0.140. The Morgan fingerprint density at radius 2 is 1.81 bits per heavy atom. The molecule has 2 amide bonds. The van der Waals surface area contributed by atoms with E-state index in [2.05, 4.69) is 17.3 Å². The number of hydrogen-bond acceptors (Lipinski definition) is 4. The Morgan fingerprint density at radius 1 is 1.11 bits per heavy atom. The number of hydrazone groups is 1. The Hall–Kier alpha value is -2.66. The lowest BCUT2D eigenvalue weighted by Crippen LogP contribution is -2.28. The van der Waals surface area contributed by atoms with Gasteiger partial charge < -0.3 is 4.42 Å². The molecule has 1 saturated heterocycles. The molecule has 0 radical (unpaired) electrons. The van der Waals surface area contributed by atoms with Gasteiger partial charge in [-0.15, -0.1) is 0 Å². The summed E-state index contributed by atoms with van der Waals surface area (Å²) in [5.41, 5.74) is 1.85. The van der Waals surface area contributed by atoms with Crippen LogP contribution in [0.2, 0.25) is 5.02 Å². The highest BCUT2D eigenvalue weighted by molar-refractivity contribution is 6.31. The monoisotopic (exact) mass is 380 g/mol. The molecule has 5 rings (SSSR count). The summed E-state index contributed by atoms with van der Waals surface area (Å²) in [6.07, 6.45) is 6.46. The number of benzene rings is 1. The predicted molar refractivity (Wildman–Crippen MR) is 101 cm³/mol. The van der Waals surface area contributed by atoms with Crippen molar-refractivity contribution in [2.24, 2.45) is 28.8 Å². The van der Waals surface area contributed by atoms with Gasteiger partial charge in [-0.25, -0.2) is 0 Å². The average Bonchev–Trinajstić information content (AvgIpc) is 3.41. The Kier molecular flexibility index (Phi) is 3.62. The van der Waals surface area contributed by atoms with Crippen molar-refractivity contribution in [3.8, 4) is 11.3 Å². The maximum atomic E-state index is 12.6. The highest BCUT2D eigenvalue weighted by atomic mass is 35.5. The van der Waals surface area contributed by atoms with Gasteiger partial charge in [0.2, 0.25) is 0 Å². The summed E-state index contributed by atoms with van der Waals surface area (Å²) in [7, 11) is 0. The van der Waals surface area contributed by atoms with E-state index < -0.39 is 0 Å². The molecule has 3 aliphatic rings. The number of aryl methyl sites for hydroxylation is 1. The van der Waals surface area contributed by atoms with Crippen LogP contribution in [-0.2, 0) is 9.59 Å². The molecule has 1 aromatic carbocycles. The van der Waals surface area contributed by atoms with E-state index >= 15 is 0 Å². The van der Waals surface area contributed by atoms with Crippen LogP contribution in [0.5, 0.6) is 0 Å². The molecule has 4 atom stereocenters. The molecule has 4 unspecified atom stereocenters. The van der Waals surface area contributed by atoms with Crippen LogP contribution in [0.4, 0.5) is 0 Å². The Balaban J connectivity index is 1.36. The Morgan fingerprint density at radius 3 is 2.48 bits per heavy atom. The fourth-order valence-corrected chi connectivity index (χ4v) is 4.62. The number of fused-ring (bicyclic) bond motifs is 5. The van der Waals surface area contributed by atoms with Crippen molar-refractivity contribution in [1.82, 2.24) is 5.01 Å². The third kappa shape index (κ3) is 2.49. The lowest BCUT2D eigenvalue weighted by Gasteiger charge is -2.13. The van der Waals surface area contributed by atoms with E-state index in [1.165, 1.54) is 6.21 Å². The summed E-state index contributed by atoms with van der Waals surface area (Å²) in [5, 5.41) is 5.82. The van der Waals surface area contributed by atoms with Crippen LogP contribution in [0.1, 0.15) is 17.7 Å². The van der Waals surface area contributed by atoms with E-state index in [9.17, 15) is 9.59 Å². The molecule has 0 N–H and O–H groups in total. The first-order chi connectivity index (χ1) is 13.0. The van der Waals surface area contributed by atoms with Crippen LogP contribution >= 0.6 is 11.6 Å². The van der Waals surface area contributed by atoms with Gasteiger partial charge in [-0.1, -0.05) is 35.9 Å². The van der Waals surface area contributed by atoms with E-state index in [4.69, 9.17) is 16.0 Å². The number of carbonyl (C=O) groups is 2. The van der Waals surface area contributed by atoms with Gasteiger partial charge in [0.15, 0.2) is 0 Å². The molecular formula is C21H17ClN2O3. The molecule has 2 heterocycles. The quantitative estimate of drug-likeness (QED) is 0.458. The molecule has 136 valence electrons. The normalized spacial score (nSPS) is 28.7. The molecule has 2 bridgehead atoms. The molecule has 0 spiro atoms. The first-order valence-corrected chi connectivity index (χ1v) is 9.37. The van der Waals surface area contributed by atoms with Gasteiger partial charge >= 0.3 is 0 Å². The fraction of sp³-hybridized carbons (Fsp3) is 0.286. The third-order valence-corrected chi connectivity index (χ3v) is 6.24. The molecule has 2 fully saturated rings. The second-order valence-electron chi connectivity index (χ2n) is 7.40. The minimum atomic E-state index is -0.244. The third-order valence-electron chi connectivity index (χ3n) is 5.83. The van der Waals surface area contributed by atoms with Crippen molar-refractivity contribution in [3.63, 3.8) is 0 Å². The van der Waals surface area contributed by atoms with Crippen molar-refractivity contribution in [2.75, 3.05) is 0 Å². The number of allylic oxidation sites excluding steroid dienone is 2. The molecule has 6 heteroatoms. The number of carbonyl (C=O) groups excluding carboxylic acids is 2. The van der Waals surface area contributed by atoms with Gasteiger partial charge in [-0.3, -0.25) is 9.59 Å². The first-order valence-electron chi connectivity index (χ1n) is 8.99. The molecule has 1 aromatic heterocycles. The molecular weight excluding hydrogens is 364 g/mol. The van der Waals surface area contributed by atoms with Crippen LogP contribution in [0.3, 0.4) is 0 Å². The number of rotatable bonds is 3. The Bertz CT molecular complexity index is 992. The Labute approximate surface area is 161 Å². The van der Waals surface area contributed by atoms with Crippen LogP contribution < -0.4 is 0 Å². The molecule has 2 aromatic rings. The minimum Gasteiger partial charge on any atom is -0.455 e. The largest absolute Gasteiger partial charge is 0.455 e. The molecule has 1 aliphatic heterocycles. The van der Waals surface area contributed by atoms with E-state index in [-0.39, 0.29) is 35.5 Å². The zero-order chi connectivity index (χ0) is 18.7. The number of hydrogen-bond donors (Lipinski definition) is 0. The summed E-state index contributed by atoms with van der Waals surface area (Å²) >= 11 is 6.17. The van der Waals surface area contributed by atoms with E-state index in [1.54, 1.807) is 6.07 Å². The van der Waals surface area contributed by atoms with Crippen molar-refractivity contribution < 1.29 is 14.0 Å². The summed E-state index contributed by atoms with van der Waals surface area (Å²) in [6.45, 7) is 1.94. The standard InChI is InChI=1S/C21H17ClN2O3/c1-11-2-3-12(9-16(11)22)17-7-6-15(27-17)10-23-24-20(25)18-13-4-5-14(8-13)19(18)21(24)26/h2-7,9-10,13-14,18-19H,8H2,1H3/b23-10+. The van der Waals surface area contributed by atoms with Crippen LogP contribution in [0.25, 0.3) is 11.3 Å². The van der Waals surface area contributed by atoms with Crippen molar-refractivity contribution >= 4 is 29.6 Å². The fourth-order valence-electron chi connectivity index (χ4n) is 4.44. The number of imide groups is 1. The summed E-state index contributed by atoms with van der Waals surface area (Å²) < 4.78 is 5.77. The van der Waals surface area contributed by atoms with E-state index in [1.807, 2.05) is 31.2 Å². The maximum absolute atomic E-state index is 12.6. The van der Waals surface area contributed by atoms with E-state index in [0.717, 1.165) is 22.6 Å². The van der Waals surface area contributed by atoms with Gasteiger partial charge in [0.05, 0.1) is 18.1 Å². The summed E-state index contributed by atoms with van der Waals surface area (Å²) in [6, 6.07) is 9.27. The zero-order valence-corrected chi connectivity index (χ0v) is 15.4. The highest BCUT2D eigenvalue weighted by Crippen LogP contribution is 2.52. The van der Waals surface area contributed by atoms with Crippen LogP contribution in [-0.4, -0.2) is 23.0 Å². The maximum Gasteiger partial charge on any atom is 0.254 e. The minimum absolute atomic E-state index is 0.179. The molecule has 27 heavy (non-hydrogen) atoms. The smallest absolute Gasteiger partial charge is 0.254 e. The summed E-state index contributed by atoms with van der Waals surface area (Å²) in [4.78, 5) is 25.2. The highest BCUT2D eigenvalue weighted by Gasteiger charge is 2.59. The number of nitrogens with zero attached hydrogens (tertiary/aromatic N) is 2. The van der Waals surface area contributed by atoms with Crippen LogP contribution in [0.15, 0.2) is 52.0 Å². The average molecular weight is 381 g/mol.